The molecule has 146 valence electrons. The van der Waals surface area contributed by atoms with Gasteiger partial charge in [-0.3, -0.25) is 4.90 Å². The molecule has 2 rings (SSSR count). The standard InChI is InChI=1S/C18H30N4O3S/c1-3-19-18(20-8-9-22-10-12-25-13-11-22)21-14-16-4-6-17(7-5-16)15-26(2,23)24/h4-7H,3,8-15H2,1-2H3,(H2,19,20,21). The topological polar surface area (TPSA) is 83.0 Å². The summed E-state index contributed by atoms with van der Waals surface area (Å²) in [5.74, 6) is 0.864. The number of nitrogens with zero attached hydrogens (tertiary/aromatic N) is 2. The maximum atomic E-state index is 11.3. The molecule has 1 aliphatic rings. The van der Waals surface area contributed by atoms with Crippen LogP contribution in [0.2, 0.25) is 0 Å². The van der Waals surface area contributed by atoms with Crippen LogP contribution in [0.3, 0.4) is 0 Å². The van der Waals surface area contributed by atoms with Crippen molar-refractivity contribution in [2.75, 3.05) is 52.2 Å². The number of sulfone groups is 1. The summed E-state index contributed by atoms with van der Waals surface area (Å²) in [4.78, 5) is 6.98. The molecule has 0 radical (unpaired) electrons. The van der Waals surface area contributed by atoms with E-state index in [1.807, 2.05) is 31.2 Å². The summed E-state index contributed by atoms with van der Waals surface area (Å²) in [6.45, 7) is 8.77. The van der Waals surface area contributed by atoms with Gasteiger partial charge in [-0.15, -0.1) is 0 Å². The van der Waals surface area contributed by atoms with Gasteiger partial charge in [0, 0.05) is 39.0 Å². The second kappa shape index (κ2) is 10.5. The Kier molecular flexibility index (Phi) is 8.34. The molecule has 1 aromatic rings. The smallest absolute Gasteiger partial charge is 0.191 e. The van der Waals surface area contributed by atoms with Crippen molar-refractivity contribution in [2.24, 2.45) is 4.99 Å². The predicted octanol–water partition coefficient (Wildman–Crippen LogP) is 0.619. The van der Waals surface area contributed by atoms with Gasteiger partial charge in [0.15, 0.2) is 15.8 Å². The highest BCUT2D eigenvalue weighted by molar-refractivity contribution is 7.89. The van der Waals surface area contributed by atoms with Crippen molar-refractivity contribution in [3.8, 4) is 0 Å². The van der Waals surface area contributed by atoms with Gasteiger partial charge in [-0.05, 0) is 18.1 Å². The van der Waals surface area contributed by atoms with E-state index in [1.165, 1.54) is 6.26 Å². The third-order valence-corrected chi connectivity index (χ3v) is 4.90. The Labute approximate surface area is 156 Å². The maximum Gasteiger partial charge on any atom is 0.191 e. The molecule has 26 heavy (non-hydrogen) atoms. The number of aliphatic imine (C=N–C) groups is 1. The molecule has 2 N–H and O–H groups in total. The molecule has 0 spiro atoms. The SMILES string of the molecule is CCNC(=NCc1ccc(CS(C)(=O)=O)cc1)NCCN1CCOCC1. The van der Waals surface area contributed by atoms with Crippen LogP contribution in [0.25, 0.3) is 0 Å². The Balaban J connectivity index is 1.83. The summed E-state index contributed by atoms with van der Waals surface area (Å²) >= 11 is 0. The average Bonchev–Trinajstić information content (AvgIpc) is 2.60. The molecule has 0 amide bonds. The summed E-state index contributed by atoms with van der Waals surface area (Å²) in [6.07, 6.45) is 1.25. The minimum Gasteiger partial charge on any atom is -0.379 e. The monoisotopic (exact) mass is 382 g/mol. The Bertz CT molecular complexity index is 668. The van der Waals surface area contributed by atoms with Gasteiger partial charge in [0.2, 0.25) is 0 Å². The quantitative estimate of drug-likeness (QED) is 0.507. The first-order valence-corrected chi connectivity index (χ1v) is 11.1. The Hall–Kier alpha value is -1.64. The first kappa shape index (κ1) is 20.7. The van der Waals surface area contributed by atoms with E-state index in [0.717, 1.165) is 63.0 Å². The molecular weight excluding hydrogens is 352 g/mol. The highest BCUT2D eigenvalue weighted by Gasteiger charge is 2.09. The van der Waals surface area contributed by atoms with Crippen LogP contribution in [0.1, 0.15) is 18.1 Å². The maximum absolute atomic E-state index is 11.3. The van der Waals surface area contributed by atoms with Crippen LogP contribution in [-0.4, -0.2) is 71.5 Å². The summed E-state index contributed by atoms with van der Waals surface area (Å²) in [6, 6.07) is 7.57. The minimum absolute atomic E-state index is 0.0717. The molecule has 1 saturated heterocycles. The third kappa shape index (κ3) is 8.16. The number of guanidine groups is 1. The molecule has 0 saturated carbocycles. The Morgan fingerprint density at radius 3 is 2.42 bits per heavy atom. The lowest BCUT2D eigenvalue weighted by molar-refractivity contribution is 0.0389. The van der Waals surface area contributed by atoms with Crippen LogP contribution < -0.4 is 10.6 Å². The zero-order chi connectivity index (χ0) is 18.8. The molecule has 0 atom stereocenters. The van der Waals surface area contributed by atoms with Gasteiger partial charge in [-0.2, -0.15) is 0 Å². The van der Waals surface area contributed by atoms with Crippen LogP contribution in [0, 0.1) is 0 Å². The molecule has 1 aliphatic heterocycles. The van der Waals surface area contributed by atoms with E-state index in [-0.39, 0.29) is 5.75 Å². The number of morpholine rings is 1. The summed E-state index contributed by atoms with van der Waals surface area (Å²) < 4.78 is 28.0. The van der Waals surface area contributed by atoms with E-state index in [0.29, 0.717) is 6.54 Å². The van der Waals surface area contributed by atoms with E-state index < -0.39 is 9.84 Å². The van der Waals surface area contributed by atoms with Gasteiger partial charge in [-0.25, -0.2) is 13.4 Å². The van der Waals surface area contributed by atoms with E-state index in [4.69, 9.17) is 4.74 Å². The molecule has 1 heterocycles. The third-order valence-electron chi connectivity index (χ3n) is 4.04. The molecule has 0 bridgehead atoms. The van der Waals surface area contributed by atoms with Gasteiger partial charge in [-0.1, -0.05) is 24.3 Å². The second-order valence-corrected chi connectivity index (χ2v) is 8.60. The molecule has 8 heteroatoms. The summed E-state index contributed by atoms with van der Waals surface area (Å²) in [5, 5.41) is 6.61. The normalized spacial score (nSPS) is 16.5. The number of benzene rings is 1. The van der Waals surface area contributed by atoms with Crippen molar-refractivity contribution < 1.29 is 13.2 Å². The Morgan fingerprint density at radius 1 is 1.15 bits per heavy atom. The van der Waals surface area contributed by atoms with Crippen LogP contribution in [-0.2, 0) is 26.9 Å². The Morgan fingerprint density at radius 2 is 1.81 bits per heavy atom. The number of hydrogen-bond acceptors (Lipinski definition) is 5. The number of ether oxygens (including phenoxy) is 1. The first-order chi connectivity index (χ1) is 12.5. The molecular formula is C18H30N4O3S. The van der Waals surface area contributed by atoms with Crippen molar-refractivity contribution in [3.05, 3.63) is 35.4 Å². The van der Waals surface area contributed by atoms with Gasteiger partial charge < -0.3 is 15.4 Å². The highest BCUT2D eigenvalue weighted by atomic mass is 32.2. The molecule has 1 aromatic carbocycles. The zero-order valence-corrected chi connectivity index (χ0v) is 16.5. The van der Waals surface area contributed by atoms with Crippen molar-refractivity contribution in [1.29, 1.82) is 0 Å². The molecule has 0 aliphatic carbocycles. The predicted molar refractivity (Wildman–Crippen MR) is 105 cm³/mol. The molecule has 0 unspecified atom stereocenters. The first-order valence-electron chi connectivity index (χ1n) is 9.04. The van der Waals surface area contributed by atoms with Gasteiger partial charge in [0.1, 0.15) is 0 Å². The summed E-state index contributed by atoms with van der Waals surface area (Å²) in [7, 11) is -3.00. The fourth-order valence-electron chi connectivity index (χ4n) is 2.71. The van der Waals surface area contributed by atoms with Crippen molar-refractivity contribution in [1.82, 2.24) is 15.5 Å². The summed E-state index contributed by atoms with van der Waals surface area (Å²) in [5.41, 5.74) is 1.85. The van der Waals surface area contributed by atoms with E-state index in [9.17, 15) is 8.42 Å². The van der Waals surface area contributed by atoms with Gasteiger partial charge >= 0.3 is 0 Å². The van der Waals surface area contributed by atoms with Crippen molar-refractivity contribution in [2.45, 2.75) is 19.2 Å². The van der Waals surface area contributed by atoms with Gasteiger partial charge in [0.05, 0.1) is 25.5 Å². The number of rotatable bonds is 8. The number of hydrogen-bond donors (Lipinski definition) is 2. The van der Waals surface area contributed by atoms with Crippen molar-refractivity contribution in [3.63, 3.8) is 0 Å². The highest BCUT2D eigenvalue weighted by Crippen LogP contribution is 2.08. The van der Waals surface area contributed by atoms with Crippen LogP contribution in [0.15, 0.2) is 29.3 Å². The lowest BCUT2D eigenvalue weighted by atomic mass is 10.1. The van der Waals surface area contributed by atoms with E-state index in [2.05, 4.69) is 20.5 Å². The number of nitrogens with one attached hydrogen (secondary N) is 2. The largest absolute Gasteiger partial charge is 0.379 e. The second-order valence-electron chi connectivity index (χ2n) is 6.46. The zero-order valence-electron chi connectivity index (χ0n) is 15.7. The molecule has 0 aromatic heterocycles. The molecule has 1 fully saturated rings. The van der Waals surface area contributed by atoms with E-state index >= 15 is 0 Å². The van der Waals surface area contributed by atoms with Crippen LogP contribution in [0.4, 0.5) is 0 Å². The fourth-order valence-corrected chi connectivity index (χ4v) is 3.51. The molecule has 7 nitrogen and oxygen atoms in total. The van der Waals surface area contributed by atoms with E-state index in [1.54, 1.807) is 0 Å². The average molecular weight is 383 g/mol. The fraction of sp³-hybridized carbons (Fsp3) is 0.611. The van der Waals surface area contributed by atoms with Crippen LogP contribution >= 0.6 is 0 Å². The van der Waals surface area contributed by atoms with Gasteiger partial charge in [0.25, 0.3) is 0 Å². The minimum atomic E-state index is -3.00. The van der Waals surface area contributed by atoms with Crippen LogP contribution in [0.5, 0.6) is 0 Å². The lowest BCUT2D eigenvalue weighted by Gasteiger charge is -2.26. The van der Waals surface area contributed by atoms with Crippen molar-refractivity contribution >= 4 is 15.8 Å². The lowest BCUT2D eigenvalue weighted by Crippen LogP contribution is -2.44.